The van der Waals surface area contributed by atoms with Crippen LogP contribution in [0, 0.1) is 0 Å². The highest BCUT2D eigenvalue weighted by molar-refractivity contribution is 7.25. The summed E-state index contributed by atoms with van der Waals surface area (Å²) in [6.45, 7) is 0. The summed E-state index contributed by atoms with van der Waals surface area (Å²) in [5.74, 6) is 0. The fourth-order valence-electron chi connectivity index (χ4n) is 7.89. The van der Waals surface area contributed by atoms with Crippen molar-refractivity contribution < 1.29 is 0 Å². The van der Waals surface area contributed by atoms with Crippen molar-refractivity contribution in [2.45, 2.75) is 0 Å². The second-order valence-electron chi connectivity index (χ2n) is 12.4. The Bertz CT molecular complexity index is 3010. The summed E-state index contributed by atoms with van der Waals surface area (Å²) in [7, 11) is 0. The Morgan fingerprint density at radius 3 is 1.58 bits per heavy atom. The molecule has 11 rings (SSSR count). The molecule has 11 aromatic rings. The smallest absolute Gasteiger partial charge is 0.145 e. The number of hydrogen-bond acceptors (Lipinski definition) is 2. The molecule has 4 nitrogen and oxygen atoms in total. The van der Waals surface area contributed by atoms with Gasteiger partial charge >= 0.3 is 0 Å². The summed E-state index contributed by atoms with van der Waals surface area (Å²) in [4.78, 5) is 4.84. The van der Waals surface area contributed by atoms with E-state index in [-0.39, 0.29) is 0 Å². The maximum atomic E-state index is 4.84. The maximum Gasteiger partial charge on any atom is 0.145 e. The highest BCUT2D eigenvalue weighted by Crippen LogP contribution is 2.43. The van der Waals surface area contributed by atoms with Gasteiger partial charge in [-0.05, 0) is 78.9 Å². The first-order chi connectivity index (χ1) is 23.8. The Kier molecular flexibility index (Phi) is 5.23. The van der Waals surface area contributed by atoms with Gasteiger partial charge in [0.2, 0.25) is 0 Å². The summed E-state index contributed by atoms with van der Waals surface area (Å²) in [6, 6.07) is 55.0. The van der Waals surface area contributed by atoms with Crippen LogP contribution in [0.5, 0.6) is 0 Å². The molecule has 0 saturated carbocycles. The predicted octanol–water partition coefficient (Wildman–Crippen LogP) is 11.6. The Hall–Kier alpha value is -6.17. The van der Waals surface area contributed by atoms with Crippen molar-refractivity contribution in [2.75, 3.05) is 0 Å². The summed E-state index contributed by atoms with van der Waals surface area (Å²) in [5.41, 5.74) is 9.16. The van der Waals surface area contributed by atoms with E-state index in [0.717, 1.165) is 22.7 Å². The number of hydrogen-bond donors (Lipinski definition) is 0. The summed E-state index contributed by atoms with van der Waals surface area (Å²) < 4.78 is 9.75. The SMILES string of the molecule is c1ccc(-n2c3ccccc3c3c4ccccc4n(-c4ccc5sc6ccc(-n7c8ccccc8c8cccnc87)cc6c5c4)c32)cc1. The minimum Gasteiger partial charge on any atom is -0.295 e. The number of para-hydroxylation sites is 4. The highest BCUT2D eigenvalue weighted by Gasteiger charge is 2.22. The molecule has 5 heteroatoms. The zero-order valence-electron chi connectivity index (χ0n) is 25.7. The van der Waals surface area contributed by atoms with Gasteiger partial charge in [-0.25, -0.2) is 4.98 Å². The van der Waals surface area contributed by atoms with Gasteiger partial charge < -0.3 is 0 Å². The van der Waals surface area contributed by atoms with Gasteiger partial charge in [-0.15, -0.1) is 11.3 Å². The van der Waals surface area contributed by atoms with Crippen LogP contribution < -0.4 is 0 Å². The fraction of sp³-hybridized carbons (Fsp3) is 0. The van der Waals surface area contributed by atoms with E-state index in [1.165, 1.54) is 69.3 Å². The van der Waals surface area contributed by atoms with Crippen LogP contribution in [0.25, 0.3) is 92.0 Å². The molecule has 48 heavy (non-hydrogen) atoms. The normalized spacial score (nSPS) is 12.2. The van der Waals surface area contributed by atoms with Gasteiger partial charge in [0.05, 0.1) is 16.6 Å². The minimum atomic E-state index is 0.980. The zero-order valence-corrected chi connectivity index (χ0v) is 26.5. The van der Waals surface area contributed by atoms with Crippen molar-refractivity contribution >= 4 is 86.3 Å². The topological polar surface area (TPSA) is 27.7 Å². The molecule has 0 aliphatic rings. The molecule has 5 heterocycles. The highest BCUT2D eigenvalue weighted by atomic mass is 32.1. The van der Waals surface area contributed by atoms with Gasteiger partial charge in [-0.1, -0.05) is 72.8 Å². The standard InChI is InChI=1S/C43H26N4S/c1-2-11-27(12-3-1)46-37-18-8-5-14-32(37)41-33-15-6-9-19-38(33)47(43(41)46)29-21-23-40-35(26-29)34-25-28(20-22-39(34)48-40)45-36-17-7-4-13-30(36)31-16-10-24-44-42(31)45/h1-26H. The van der Waals surface area contributed by atoms with Gasteiger partial charge in [0.1, 0.15) is 11.3 Å². The molecule has 0 fully saturated rings. The van der Waals surface area contributed by atoms with E-state index in [1.807, 2.05) is 23.6 Å². The molecule has 0 amide bonds. The fourth-order valence-corrected chi connectivity index (χ4v) is 8.95. The molecule has 0 aliphatic carbocycles. The van der Waals surface area contributed by atoms with E-state index < -0.39 is 0 Å². The summed E-state index contributed by atoms with van der Waals surface area (Å²) in [6.07, 6.45) is 1.89. The minimum absolute atomic E-state index is 0.980. The number of rotatable bonds is 3. The number of thiophene rings is 1. The molecular formula is C43H26N4S. The van der Waals surface area contributed by atoms with Crippen LogP contribution in [0.2, 0.25) is 0 Å². The number of benzene rings is 6. The average Bonchev–Trinajstić information content (AvgIpc) is 3.87. The van der Waals surface area contributed by atoms with Crippen LogP contribution >= 0.6 is 11.3 Å². The molecule has 0 radical (unpaired) electrons. The van der Waals surface area contributed by atoms with Crippen molar-refractivity contribution in [1.29, 1.82) is 0 Å². The zero-order chi connectivity index (χ0) is 31.3. The molecule has 0 N–H and O–H groups in total. The largest absolute Gasteiger partial charge is 0.295 e. The first kappa shape index (κ1) is 26.0. The maximum absolute atomic E-state index is 4.84. The van der Waals surface area contributed by atoms with Gasteiger partial charge in [-0.2, -0.15) is 0 Å². The van der Waals surface area contributed by atoms with Gasteiger partial charge in [0.25, 0.3) is 0 Å². The van der Waals surface area contributed by atoms with Gasteiger partial charge in [0, 0.05) is 70.4 Å². The first-order valence-corrected chi connectivity index (χ1v) is 17.0. The Labute approximate surface area is 278 Å². The lowest BCUT2D eigenvalue weighted by atomic mass is 10.1. The van der Waals surface area contributed by atoms with Crippen molar-refractivity contribution in [1.82, 2.24) is 18.7 Å². The molecule has 0 aliphatic heterocycles. The monoisotopic (exact) mass is 630 g/mol. The second kappa shape index (κ2) is 9.67. The molecule has 224 valence electrons. The van der Waals surface area contributed by atoms with Crippen LogP contribution in [0.4, 0.5) is 0 Å². The molecule has 0 bridgehead atoms. The molecule has 6 aromatic carbocycles. The number of pyridine rings is 1. The molecule has 0 atom stereocenters. The second-order valence-corrected chi connectivity index (χ2v) is 13.5. The van der Waals surface area contributed by atoms with Crippen LogP contribution in [-0.2, 0) is 0 Å². The Morgan fingerprint density at radius 2 is 0.917 bits per heavy atom. The van der Waals surface area contributed by atoms with Crippen molar-refractivity contribution in [3.8, 4) is 17.1 Å². The average molecular weight is 631 g/mol. The number of fused-ring (bicyclic) bond motifs is 11. The van der Waals surface area contributed by atoms with E-state index in [0.29, 0.717) is 0 Å². The van der Waals surface area contributed by atoms with Gasteiger partial charge in [0.15, 0.2) is 0 Å². The van der Waals surface area contributed by atoms with Crippen LogP contribution in [0.1, 0.15) is 0 Å². The third-order valence-electron chi connectivity index (χ3n) is 9.88. The van der Waals surface area contributed by atoms with Crippen LogP contribution in [0.3, 0.4) is 0 Å². The lowest BCUT2D eigenvalue weighted by Gasteiger charge is -2.13. The third-order valence-corrected chi connectivity index (χ3v) is 11.0. The van der Waals surface area contributed by atoms with Crippen LogP contribution in [-0.4, -0.2) is 18.7 Å². The Balaban J connectivity index is 1.21. The number of aromatic nitrogens is 4. The van der Waals surface area contributed by atoms with E-state index in [1.54, 1.807) is 0 Å². The van der Waals surface area contributed by atoms with Crippen molar-refractivity contribution in [3.05, 3.63) is 158 Å². The molecule has 0 saturated heterocycles. The van der Waals surface area contributed by atoms with Gasteiger partial charge in [-0.3, -0.25) is 13.7 Å². The lowest BCUT2D eigenvalue weighted by Crippen LogP contribution is -2.01. The van der Waals surface area contributed by atoms with Crippen molar-refractivity contribution in [3.63, 3.8) is 0 Å². The van der Waals surface area contributed by atoms with E-state index in [9.17, 15) is 0 Å². The Morgan fingerprint density at radius 1 is 0.396 bits per heavy atom. The summed E-state index contributed by atoms with van der Waals surface area (Å²) >= 11 is 1.85. The molecule has 0 spiro atoms. The van der Waals surface area contributed by atoms with E-state index in [4.69, 9.17) is 4.98 Å². The predicted molar refractivity (Wildman–Crippen MR) is 203 cm³/mol. The number of nitrogens with zero attached hydrogens (tertiary/aromatic N) is 4. The quantitative estimate of drug-likeness (QED) is 0.191. The third kappa shape index (κ3) is 3.46. The summed E-state index contributed by atoms with van der Waals surface area (Å²) in [5, 5.41) is 8.71. The van der Waals surface area contributed by atoms with E-state index in [2.05, 4.69) is 159 Å². The molecular weight excluding hydrogens is 605 g/mol. The lowest BCUT2D eigenvalue weighted by molar-refractivity contribution is 1.07. The first-order valence-electron chi connectivity index (χ1n) is 16.2. The van der Waals surface area contributed by atoms with E-state index >= 15 is 0 Å². The molecule has 5 aromatic heterocycles. The molecule has 0 unspecified atom stereocenters. The van der Waals surface area contributed by atoms with Crippen molar-refractivity contribution in [2.24, 2.45) is 0 Å². The van der Waals surface area contributed by atoms with Crippen LogP contribution in [0.15, 0.2) is 158 Å².